The van der Waals surface area contributed by atoms with Crippen molar-refractivity contribution in [3.63, 3.8) is 0 Å². The third kappa shape index (κ3) is 4.95. The second-order valence-corrected chi connectivity index (χ2v) is 4.71. The number of carbonyl (C=O) groups excluding carboxylic acids is 1. The van der Waals surface area contributed by atoms with Gasteiger partial charge in [0.2, 0.25) is 0 Å². The van der Waals surface area contributed by atoms with Crippen LogP contribution in [0.3, 0.4) is 0 Å². The van der Waals surface area contributed by atoms with Gasteiger partial charge in [-0.25, -0.2) is 4.98 Å². The van der Waals surface area contributed by atoms with E-state index in [4.69, 9.17) is 32.7 Å². The zero-order chi connectivity index (χ0) is 14.4. The highest BCUT2D eigenvalue weighted by atomic mass is 35.5. The van der Waals surface area contributed by atoms with Crippen LogP contribution < -0.4 is 5.32 Å². The van der Waals surface area contributed by atoms with Crippen LogP contribution in [0, 0.1) is 0 Å². The van der Waals surface area contributed by atoms with Crippen LogP contribution in [0.15, 0.2) is 12.1 Å². The van der Waals surface area contributed by atoms with Gasteiger partial charge in [-0.15, -0.1) is 0 Å². The number of esters is 1. The molecule has 0 bridgehead atoms. The highest BCUT2D eigenvalue weighted by Crippen LogP contribution is 2.15. The molecule has 1 heterocycles. The van der Waals surface area contributed by atoms with Crippen LogP contribution in [0.1, 0.15) is 12.5 Å². The number of ether oxygens (including phenoxy) is 2. The zero-order valence-electron chi connectivity index (χ0n) is 10.9. The Kier molecular flexibility index (Phi) is 6.51. The first-order chi connectivity index (χ1) is 8.97. The zero-order valence-corrected chi connectivity index (χ0v) is 12.5. The number of hydrogen-bond acceptors (Lipinski definition) is 5. The van der Waals surface area contributed by atoms with Crippen LogP contribution in [-0.2, 0) is 20.9 Å². The number of likely N-dealkylation sites (N-methyl/N-ethyl adjacent to an activating group) is 1. The van der Waals surface area contributed by atoms with Crippen molar-refractivity contribution in [1.29, 1.82) is 0 Å². The maximum Gasteiger partial charge on any atom is 0.326 e. The van der Waals surface area contributed by atoms with Crippen LogP contribution in [0.5, 0.6) is 0 Å². The van der Waals surface area contributed by atoms with E-state index in [1.54, 1.807) is 26.1 Å². The molecule has 7 heteroatoms. The molecule has 0 aromatic carbocycles. The number of hydrogen-bond donors (Lipinski definition) is 1. The molecule has 1 N–H and O–H groups in total. The minimum Gasteiger partial charge on any atom is -0.460 e. The van der Waals surface area contributed by atoms with E-state index in [1.165, 1.54) is 7.11 Å². The molecule has 0 amide bonds. The van der Waals surface area contributed by atoms with Gasteiger partial charge in [-0.2, -0.15) is 0 Å². The minimum absolute atomic E-state index is 0.0788. The van der Waals surface area contributed by atoms with Crippen LogP contribution in [-0.4, -0.2) is 37.3 Å². The topological polar surface area (TPSA) is 60.5 Å². The predicted octanol–water partition coefficient (Wildman–Crippen LogP) is 2.05. The second kappa shape index (κ2) is 7.65. The molecule has 19 heavy (non-hydrogen) atoms. The molecule has 1 aromatic heterocycles. The number of nitrogens with zero attached hydrogens (tertiary/aromatic N) is 1. The van der Waals surface area contributed by atoms with E-state index < -0.39 is 12.0 Å². The summed E-state index contributed by atoms with van der Waals surface area (Å²) in [6, 6.07) is 2.65. The van der Waals surface area contributed by atoms with E-state index in [2.05, 4.69) is 10.3 Å². The first-order valence-electron chi connectivity index (χ1n) is 5.66. The van der Waals surface area contributed by atoms with Crippen LogP contribution in [0.4, 0.5) is 0 Å². The van der Waals surface area contributed by atoms with E-state index in [1.807, 2.05) is 0 Å². The molecule has 0 saturated heterocycles. The Balaban J connectivity index is 2.62. The van der Waals surface area contributed by atoms with Gasteiger partial charge in [0.25, 0.3) is 0 Å². The van der Waals surface area contributed by atoms with Gasteiger partial charge in [0.15, 0.2) is 0 Å². The Hall–Kier alpha value is -0.880. The normalized spacial score (nSPS) is 13.9. The fraction of sp³-hybridized carbons (Fsp3) is 0.500. The van der Waals surface area contributed by atoms with Crippen molar-refractivity contribution in [2.45, 2.75) is 25.7 Å². The average molecular weight is 307 g/mol. The third-order valence-corrected chi connectivity index (χ3v) is 3.00. The molecule has 0 unspecified atom stereocenters. The number of nitrogens with one attached hydrogen (secondary N) is 1. The number of pyridine rings is 1. The first kappa shape index (κ1) is 16.2. The summed E-state index contributed by atoms with van der Waals surface area (Å²) in [7, 11) is 3.20. The van der Waals surface area contributed by atoms with Crippen molar-refractivity contribution in [3.8, 4) is 0 Å². The average Bonchev–Trinajstić information content (AvgIpc) is 2.35. The van der Waals surface area contributed by atoms with Gasteiger partial charge in [-0.3, -0.25) is 4.79 Å². The van der Waals surface area contributed by atoms with Crippen molar-refractivity contribution in [3.05, 3.63) is 28.0 Å². The smallest absolute Gasteiger partial charge is 0.326 e. The van der Waals surface area contributed by atoms with Crippen molar-refractivity contribution >= 4 is 29.2 Å². The lowest BCUT2D eigenvalue weighted by Gasteiger charge is -2.20. The fourth-order valence-corrected chi connectivity index (χ4v) is 2.03. The summed E-state index contributed by atoms with van der Waals surface area (Å²) >= 11 is 11.5. The third-order valence-electron chi connectivity index (χ3n) is 2.61. The van der Waals surface area contributed by atoms with Gasteiger partial charge < -0.3 is 14.8 Å². The molecule has 0 aliphatic carbocycles. The monoisotopic (exact) mass is 306 g/mol. The van der Waals surface area contributed by atoms with E-state index in [9.17, 15) is 4.79 Å². The summed E-state index contributed by atoms with van der Waals surface area (Å²) < 4.78 is 10.3. The summed E-state index contributed by atoms with van der Waals surface area (Å²) in [5.41, 5.74) is 0.679. The molecule has 0 radical (unpaired) electrons. The quantitative estimate of drug-likeness (QED) is 0.644. The summed E-state index contributed by atoms with van der Waals surface area (Å²) in [5.74, 6) is -0.402. The van der Waals surface area contributed by atoms with Crippen molar-refractivity contribution in [1.82, 2.24) is 10.3 Å². The van der Waals surface area contributed by atoms with Gasteiger partial charge in [-0.1, -0.05) is 23.2 Å². The lowest BCUT2D eigenvalue weighted by atomic mass is 10.2. The van der Waals surface area contributed by atoms with Crippen LogP contribution in [0.25, 0.3) is 0 Å². The summed E-state index contributed by atoms with van der Waals surface area (Å²) in [4.78, 5) is 15.7. The number of halogens is 2. The Morgan fingerprint density at radius 2 is 2.00 bits per heavy atom. The van der Waals surface area contributed by atoms with Gasteiger partial charge in [0.1, 0.15) is 23.0 Å². The molecule has 0 aliphatic heterocycles. The van der Waals surface area contributed by atoms with E-state index in [0.29, 0.717) is 5.56 Å². The van der Waals surface area contributed by atoms with Gasteiger partial charge in [0, 0.05) is 7.11 Å². The Morgan fingerprint density at radius 1 is 1.42 bits per heavy atom. The maximum atomic E-state index is 11.9. The van der Waals surface area contributed by atoms with Crippen molar-refractivity contribution < 1.29 is 14.3 Å². The first-order valence-corrected chi connectivity index (χ1v) is 6.42. The largest absolute Gasteiger partial charge is 0.460 e. The molecule has 0 aliphatic rings. The second-order valence-electron chi connectivity index (χ2n) is 3.94. The van der Waals surface area contributed by atoms with E-state index >= 15 is 0 Å². The molecule has 106 valence electrons. The molecule has 0 fully saturated rings. The molecule has 0 spiro atoms. The summed E-state index contributed by atoms with van der Waals surface area (Å²) in [6.45, 7) is 1.86. The predicted molar refractivity (Wildman–Crippen MR) is 73.4 cm³/mol. The molecule has 1 rings (SSSR count). The number of carbonyl (C=O) groups is 1. The van der Waals surface area contributed by atoms with Crippen LogP contribution >= 0.6 is 23.2 Å². The van der Waals surface area contributed by atoms with Gasteiger partial charge in [-0.05, 0) is 31.7 Å². The molecular weight excluding hydrogens is 291 g/mol. The standard InChI is InChI=1S/C12H16Cl2N2O3/c1-7(18-3)11(15-2)12(17)19-6-8-4-9(13)16-10(14)5-8/h4-5,7,11,15H,6H2,1-3H3/t7-,11+/m1/s1. The number of methoxy groups -OCH3 is 1. The SMILES string of the molecule is CN[C@H](C(=O)OCc1cc(Cl)nc(Cl)c1)[C@@H](C)OC. The molecule has 0 saturated carbocycles. The number of aromatic nitrogens is 1. The molecule has 2 atom stereocenters. The minimum atomic E-state index is -0.530. The highest BCUT2D eigenvalue weighted by Gasteiger charge is 2.24. The highest BCUT2D eigenvalue weighted by molar-refractivity contribution is 6.32. The van der Waals surface area contributed by atoms with E-state index in [-0.39, 0.29) is 23.0 Å². The molecule has 1 aromatic rings. The van der Waals surface area contributed by atoms with Crippen molar-refractivity contribution in [2.75, 3.05) is 14.2 Å². The lowest BCUT2D eigenvalue weighted by Crippen LogP contribution is -2.44. The van der Waals surface area contributed by atoms with Gasteiger partial charge >= 0.3 is 5.97 Å². The fourth-order valence-electron chi connectivity index (χ4n) is 1.52. The molecule has 5 nitrogen and oxygen atoms in total. The Labute approximate surface area is 122 Å². The van der Waals surface area contributed by atoms with Crippen LogP contribution in [0.2, 0.25) is 10.3 Å². The lowest BCUT2D eigenvalue weighted by molar-refractivity contribution is -0.150. The van der Waals surface area contributed by atoms with Gasteiger partial charge in [0.05, 0.1) is 6.10 Å². The maximum absolute atomic E-state index is 11.9. The summed E-state index contributed by atoms with van der Waals surface area (Å²) in [6.07, 6.45) is -0.290. The Bertz CT molecular complexity index is 423. The Morgan fingerprint density at radius 3 is 2.47 bits per heavy atom. The van der Waals surface area contributed by atoms with E-state index in [0.717, 1.165) is 0 Å². The summed E-state index contributed by atoms with van der Waals surface area (Å²) in [5, 5.41) is 3.36. The molecular formula is C12H16Cl2N2O3. The number of rotatable bonds is 6. The van der Waals surface area contributed by atoms with Crippen molar-refractivity contribution in [2.24, 2.45) is 0 Å².